The summed E-state index contributed by atoms with van der Waals surface area (Å²) in [6.07, 6.45) is 3.72. The predicted octanol–water partition coefficient (Wildman–Crippen LogP) is 5.42. The minimum absolute atomic E-state index is 0.0432. The number of ether oxygens (including phenoxy) is 2. The molecule has 4 heteroatoms. The lowest BCUT2D eigenvalue weighted by Crippen LogP contribution is -2.47. The van der Waals surface area contributed by atoms with Gasteiger partial charge in [-0.2, -0.15) is 0 Å². The van der Waals surface area contributed by atoms with E-state index in [4.69, 9.17) is 9.47 Å². The van der Waals surface area contributed by atoms with Gasteiger partial charge in [-0.15, -0.1) is 0 Å². The number of rotatable bonds is 6. The third-order valence-corrected chi connectivity index (χ3v) is 5.70. The van der Waals surface area contributed by atoms with Crippen LogP contribution in [-0.4, -0.2) is 18.6 Å². The molecular formula is C24H31NO3. The fourth-order valence-electron chi connectivity index (χ4n) is 4.21. The maximum atomic E-state index is 13.0. The van der Waals surface area contributed by atoms with Gasteiger partial charge in [0.25, 0.3) is 5.91 Å². The first-order valence-corrected chi connectivity index (χ1v) is 10.1. The first kappa shape index (κ1) is 20.4. The van der Waals surface area contributed by atoms with Crippen LogP contribution in [-0.2, 0) is 16.1 Å². The van der Waals surface area contributed by atoms with Gasteiger partial charge in [0, 0.05) is 12.8 Å². The molecule has 2 aromatic carbocycles. The molecule has 1 saturated carbocycles. The van der Waals surface area contributed by atoms with Crippen molar-refractivity contribution in [3.05, 3.63) is 59.2 Å². The summed E-state index contributed by atoms with van der Waals surface area (Å²) in [5.74, 6) is 1.32. The van der Waals surface area contributed by atoms with Crippen LogP contribution in [0.4, 0.5) is 5.69 Å². The van der Waals surface area contributed by atoms with Crippen LogP contribution in [0.5, 0.6) is 5.75 Å². The van der Waals surface area contributed by atoms with Crippen molar-refractivity contribution in [2.45, 2.75) is 58.7 Å². The highest BCUT2D eigenvalue weighted by molar-refractivity contribution is 5.97. The summed E-state index contributed by atoms with van der Waals surface area (Å²) in [4.78, 5) is 13.0. The van der Waals surface area contributed by atoms with Crippen molar-refractivity contribution in [1.29, 1.82) is 0 Å². The Hall–Kier alpha value is -2.33. The number of methoxy groups -OCH3 is 1. The van der Waals surface area contributed by atoms with E-state index in [1.165, 1.54) is 0 Å². The van der Waals surface area contributed by atoms with Gasteiger partial charge in [-0.1, -0.05) is 43.7 Å². The van der Waals surface area contributed by atoms with Crippen molar-refractivity contribution in [1.82, 2.24) is 0 Å². The number of carbonyl (C=O) groups is 1. The highest BCUT2D eigenvalue weighted by atomic mass is 16.5. The van der Waals surface area contributed by atoms with Gasteiger partial charge in [0.1, 0.15) is 18.0 Å². The van der Waals surface area contributed by atoms with E-state index < -0.39 is 5.60 Å². The molecule has 3 rings (SSSR count). The Balaban J connectivity index is 1.72. The van der Waals surface area contributed by atoms with Crippen LogP contribution in [0.3, 0.4) is 0 Å². The van der Waals surface area contributed by atoms with E-state index in [1.54, 1.807) is 7.11 Å². The number of benzene rings is 2. The molecule has 1 aliphatic carbocycles. The minimum atomic E-state index is -0.720. The van der Waals surface area contributed by atoms with Crippen molar-refractivity contribution < 1.29 is 14.3 Å². The van der Waals surface area contributed by atoms with Crippen LogP contribution in [0.2, 0.25) is 0 Å². The van der Waals surface area contributed by atoms with Gasteiger partial charge in [0.05, 0.1) is 0 Å². The Morgan fingerprint density at radius 3 is 2.46 bits per heavy atom. The van der Waals surface area contributed by atoms with E-state index in [1.807, 2.05) is 44.2 Å². The number of aryl methyl sites for hydroxylation is 2. The van der Waals surface area contributed by atoms with E-state index in [0.717, 1.165) is 53.8 Å². The van der Waals surface area contributed by atoms with Gasteiger partial charge >= 0.3 is 0 Å². The maximum absolute atomic E-state index is 13.0. The van der Waals surface area contributed by atoms with Crippen LogP contribution >= 0.6 is 0 Å². The van der Waals surface area contributed by atoms with E-state index in [-0.39, 0.29) is 5.91 Å². The lowest BCUT2D eigenvalue weighted by atomic mass is 9.78. The molecule has 0 saturated heterocycles. The summed E-state index contributed by atoms with van der Waals surface area (Å²) in [5, 5.41) is 3.09. The number of hydrogen-bond acceptors (Lipinski definition) is 3. The largest absolute Gasteiger partial charge is 0.488 e. The van der Waals surface area contributed by atoms with E-state index in [2.05, 4.69) is 24.4 Å². The molecule has 0 radical (unpaired) electrons. The molecule has 0 aliphatic heterocycles. The molecule has 0 bridgehead atoms. The second-order valence-electron chi connectivity index (χ2n) is 8.07. The zero-order valence-electron chi connectivity index (χ0n) is 17.4. The van der Waals surface area contributed by atoms with Crippen molar-refractivity contribution in [3.8, 4) is 5.75 Å². The first-order valence-electron chi connectivity index (χ1n) is 10.1. The van der Waals surface area contributed by atoms with E-state index >= 15 is 0 Å². The monoisotopic (exact) mass is 381 g/mol. The van der Waals surface area contributed by atoms with Crippen molar-refractivity contribution in [2.24, 2.45) is 5.92 Å². The third kappa shape index (κ3) is 4.56. The lowest BCUT2D eigenvalue weighted by molar-refractivity contribution is -0.143. The third-order valence-electron chi connectivity index (χ3n) is 5.70. The molecule has 1 N–H and O–H groups in total. The number of amides is 1. The fraction of sp³-hybridized carbons (Fsp3) is 0.458. The number of anilines is 1. The lowest BCUT2D eigenvalue weighted by Gasteiger charge is -2.37. The summed E-state index contributed by atoms with van der Waals surface area (Å²) < 4.78 is 11.8. The predicted molar refractivity (Wildman–Crippen MR) is 113 cm³/mol. The number of hydrogen-bond donors (Lipinski definition) is 1. The number of nitrogens with one attached hydrogen (secondary N) is 1. The molecular weight excluding hydrogens is 350 g/mol. The van der Waals surface area contributed by atoms with Crippen molar-refractivity contribution in [2.75, 3.05) is 12.4 Å². The van der Waals surface area contributed by atoms with Crippen LogP contribution in [0.25, 0.3) is 0 Å². The Labute approximate surface area is 168 Å². The molecule has 150 valence electrons. The number of carbonyl (C=O) groups excluding carboxylic acids is 1. The Kier molecular flexibility index (Phi) is 6.40. The average molecular weight is 382 g/mol. The molecule has 0 unspecified atom stereocenters. The molecule has 0 spiro atoms. The highest BCUT2D eigenvalue weighted by Crippen LogP contribution is 2.36. The highest BCUT2D eigenvalue weighted by Gasteiger charge is 2.42. The molecule has 0 aromatic heterocycles. The Morgan fingerprint density at radius 2 is 1.86 bits per heavy atom. The zero-order valence-corrected chi connectivity index (χ0v) is 17.4. The minimum Gasteiger partial charge on any atom is -0.488 e. The zero-order chi connectivity index (χ0) is 20.1. The molecule has 2 atom stereocenters. The standard InChI is InChI=1S/C24H31NO3/c1-17-9-8-12-24(15-17,27-4)23(26)25-21-13-18(2)22(19(3)14-21)28-16-20-10-6-5-7-11-20/h5-7,10-11,13-14,17H,8-9,12,15-16H2,1-4H3,(H,25,26)/t17-,24+/m1/s1. The fourth-order valence-corrected chi connectivity index (χ4v) is 4.21. The SMILES string of the molecule is CO[C@@]1(C(=O)Nc2cc(C)c(OCc3ccccc3)c(C)c2)CCC[C@@H](C)C1. The van der Waals surface area contributed by atoms with Crippen LogP contribution in [0.15, 0.2) is 42.5 Å². The second-order valence-corrected chi connectivity index (χ2v) is 8.07. The topological polar surface area (TPSA) is 47.6 Å². The summed E-state index contributed by atoms with van der Waals surface area (Å²) in [7, 11) is 1.65. The van der Waals surface area contributed by atoms with Crippen molar-refractivity contribution in [3.63, 3.8) is 0 Å². The molecule has 0 heterocycles. The van der Waals surface area contributed by atoms with Crippen LogP contribution in [0.1, 0.15) is 49.3 Å². The summed E-state index contributed by atoms with van der Waals surface area (Å²) in [5.41, 5.74) is 3.22. The van der Waals surface area contributed by atoms with E-state index in [0.29, 0.717) is 12.5 Å². The van der Waals surface area contributed by atoms with Gasteiger partial charge < -0.3 is 14.8 Å². The Bertz CT molecular complexity index is 795. The van der Waals surface area contributed by atoms with Gasteiger partial charge in [0.15, 0.2) is 0 Å². The van der Waals surface area contributed by atoms with Gasteiger partial charge in [-0.05, 0) is 67.9 Å². The van der Waals surface area contributed by atoms with Crippen molar-refractivity contribution >= 4 is 11.6 Å². The summed E-state index contributed by atoms with van der Waals surface area (Å²) in [6, 6.07) is 14.1. The molecule has 2 aromatic rings. The average Bonchev–Trinajstić information content (AvgIpc) is 2.68. The maximum Gasteiger partial charge on any atom is 0.256 e. The quantitative estimate of drug-likeness (QED) is 0.727. The first-order chi connectivity index (χ1) is 13.4. The van der Waals surface area contributed by atoms with Gasteiger partial charge in [-0.3, -0.25) is 4.79 Å². The second kappa shape index (κ2) is 8.78. The van der Waals surface area contributed by atoms with Crippen LogP contribution in [0, 0.1) is 19.8 Å². The van der Waals surface area contributed by atoms with E-state index in [9.17, 15) is 4.79 Å². The Morgan fingerprint density at radius 1 is 1.18 bits per heavy atom. The molecule has 1 amide bonds. The molecule has 28 heavy (non-hydrogen) atoms. The summed E-state index contributed by atoms with van der Waals surface area (Å²) >= 11 is 0. The molecule has 1 aliphatic rings. The smallest absolute Gasteiger partial charge is 0.256 e. The van der Waals surface area contributed by atoms with Gasteiger partial charge in [-0.25, -0.2) is 0 Å². The molecule has 1 fully saturated rings. The summed E-state index contributed by atoms with van der Waals surface area (Å²) in [6.45, 7) is 6.74. The van der Waals surface area contributed by atoms with Crippen LogP contribution < -0.4 is 10.1 Å². The molecule has 4 nitrogen and oxygen atoms in total. The van der Waals surface area contributed by atoms with Gasteiger partial charge in [0.2, 0.25) is 0 Å². The normalized spacial score (nSPS) is 21.9.